The van der Waals surface area contributed by atoms with Gasteiger partial charge in [-0.1, -0.05) is 51.4 Å². The Morgan fingerprint density at radius 3 is 2.12 bits per heavy atom. The Balaban J connectivity index is 2.91. The lowest BCUT2D eigenvalue weighted by atomic mass is 9.83. The van der Waals surface area contributed by atoms with Gasteiger partial charge in [-0.15, -0.1) is 0 Å². The van der Waals surface area contributed by atoms with E-state index in [1.54, 1.807) is 0 Å². The van der Waals surface area contributed by atoms with Crippen molar-refractivity contribution in [2.45, 2.75) is 46.1 Å². The Labute approximate surface area is 111 Å². The monoisotopic (exact) mass is 253 g/mol. The van der Waals surface area contributed by atoms with E-state index in [4.69, 9.17) is 11.6 Å². The third kappa shape index (κ3) is 4.01. The lowest BCUT2D eigenvalue weighted by Crippen LogP contribution is -2.39. The number of rotatable bonds is 6. The minimum Gasteiger partial charge on any atom is -0.313 e. The predicted molar refractivity (Wildman–Crippen MR) is 76.8 cm³/mol. The molecular formula is C15H24ClN. The van der Waals surface area contributed by atoms with Crippen LogP contribution in [-0.4, -0.2) is 12.6 Å². The molecule has 2 heteroatoms. The molecule has 0 heterocycles. The molecule has 0 spiro atoms. The van der Waals surface area contributed by atoms with Gasteiger partial charge in [0.15, 0.2) is 0 Å². The molecule has 0 saturated carbocycles. The van der Waals surface area contributed by atoms with Gasteiger partial charge < -0.3 is 5.32 Å². The molecule has 0 amide bonds. The van der Waals surface area contributed by atoms with E-state index >= 15 is 0 Å². The highest BCUT2D eigenvalue weighted by atomic mass is 35.5. The number of benzene rings is 1. The van der Waals surface area contributed by atoms with Gasteiger partial charge in [-0.25, -0.2) is 0 Å². The fourth-order valence-electron chi connectivity index (χ4n) is 2.49. The van der Waals surface area contributed by atoms with Gasteiger partial charge in [0.25, 0.3) is 0 Å². The highest BCUT2D eigenvalue weighted by Gasteiger charge is 2.23. The van der Waals surface area contributed by atoms with Gasteiger partial charge in [0.05, 0.1) is 0 Å². The van der Waals surface area contributed by atoms with Crippen molar-refractivity contribution >= 4 is 11.6 Å². The van der Waals surface area contributed by atoms with Crippen molar-refractivity contribution in [3.63, 3.8) is 0 Å². The van der Waals surface area contributed by atoms with Crippen LogP contribution in [0, 0.1) is 5.92 Å². The van der Waals surface area contributed by atoms with Gasteiger partial charge in [0, 0.05) is 11.1 Å². The van der Waals surface area contributed by atoms with Crippen LogP contribution in [0.15, 0.2) is 24.3 Å². The molecule has 17 heavy (non-hydrogen) atoms. The van der Waals surface area contributed by atoms with Crippen molar-refractivity contribution in [1.82, 2.24) is 5.32 Å². The molecule has 0 aromatic heterocycles. The third-order valence-electron chi connectivity index (χ3n) is 3.33. The van der Waals surface area contributed by atoms with Gasteiger partial charge in [-0.3, -0.25) is 0 Å². The van der Waals surface area contributed by atoms with E-state index in [9.17, 15) is 0 Å². The highest BCUT2D eigenvalue weighted by Crippen LogP contribution is 2.28. The van der Waals surface area contributed by atoms with Crippen molar-refractivity contribution in [2.75, 3.05) is 6.54 Å². The predicted octanol–water partition coefficient (Wildman–Crippen LogP) is 4.47. The van der Waals surface area contributed by atoms with E-state index in [1.807, 2.05) is 12.1 Å². The standard InChI is InChI=1S/C15H24ClN/c1-5-14(15(11(3)4)17-6-2)12-7-9-13(16)10-8-12/h7-11,14-15,17H,5-6H2,1-4H3. The Morgan fingerprint density at radius 1 is 1.12 bits per heavy atom. The summed E-state index contributed by atoms with van der Waals surface area (Å²) in [4.78, 5) is 0. The Kier molecular flexibility index (Phi) is 6.01. The largest absolute Gasteiger partial charge is 0.313 e. The molecule has 1 rings (SSSR count). The third-order valence-corrected chi connectivity index (χ3v) is 3.58. The first kappa shape index (κ1) is 14.5. The molecule has 0 aliphatic rings. The van der Waals surface area contributed by atoms with Crippen molar-refractivity contribution in [2.24, 2.45) is 5.92 Å². The van der Waals surface area contributed by atoms with Gasteiger partial charge in [0.2, 0.25) is 0 Å². The molecule has 0 saturated heterocycles. The highest BCUT2D eigenvalue weighted by molar-refractivity contribution is 6.30. The summed E-state index contributed by atoms with van der Waals surface area (Å²) in [6.07, 6.45) is 1.15. The quantitative estimate of drug-likeness (QED) is 0.789. The summed E-state index contributed by atoms with van der Waals surface area (Å²) in [5.74, 6) is 1.20. The fourth-order valence-corrected chi connectivity index (χ4v) is 2.61. The van der Waals surface area contributed by atoms with Crippen LogP contribution in [0.1, 0.15) is 45.6 Å². The van der Waals surface area contributed by atoms with E-state index < -0.39 is 0 Å². The fraction of sp³-hybridized carbons (Fsp3) is 0.600. The molecule has 0 aliphatic carbocycles. The van der Waals surface area contributed by atoms with Crippen LogP contribution in [0.4, 0.5) is 0 Å². The molecule has 96 valence electrons. The maximum Gasteiger partial charge on any atom is 0.0406 e. The molecule has 1 aromatic rings. The molecule has 0 aliphatic heterocycles. The maximum absolute atomic E-state index is 5.95. The van der Waals surface area contributed by atoms with Gasteiger partial charge in [0.1, 0.15) is 0 Å². The lowest BCUT2D eigenvalue weighted by Gasteiger charge is -2.30. The zero-order valence-electron chi connectivity index (χ0n) is 11.3. The van der Waals surface area contributed by atoms with Crippen molar-refractivity contribution in [1.29, 1.82) is 0 Å². The molecule has 0 radical (unpaired) electrons. The molecule has 0 bridgehead atoms. The van der Waals surface area contributed by atoms with Crippen LogP contribution in [0.2, 0.25) is 5.02 Å². The summed E-state index contributed by atoms with van der Waals surface area (Å²) in [5.41, 5.74) is 1.39. The minimum absolute atomic E-state index is 0.533. The van der Waals surface area contributed by atoms with Gasteiger partial charge >= 0.3 is 0 Å². The van der Waals surface area contributed by atoms with E-state index in [2.05, 4.69) is 45.1 Å². The molecular weight excluding hydrogens is 230 g/mol. The van der Waals surface area contributed by atoms with Crippen LogP contribution in [0.5, 0.6) is 0 Å². The number of nitrogens with one attached hydrogen (secondary N) is 1. The average Bonchev–Trinajstić information content (AvgIpc) is 2.31. The topological polar surface area (TPSA) is 12.0 Å². The van der Waals surface area contributed by atoms with Gasteiger partial charge in [-0.05, 0) is 42.5 Å². The summed E-state index contributed by atoms with van der Waals surface area (Å²) in [5, 5.41) is 4.43. The summed E-state index contributed by atoms with van der Waals surface area (Å²) < 4.78 is 0. The second-order valence-corrected chi connectivity index (χ2v) is 5.33. The van der Waals surface area contributed by atoms with Crippen LogP contribution < -0.4 is 5.32 Å². The number of hydrogen-bond donors (Lipinski definition) is 1. The van der Waals surface area contributed by atoms with Crippen molar-refractivity contribution in [3.8, 4) is 0 Å². The van der Waals surface area contributed by atoms with E-state index in [-0.39, 0.29) is 0 Å². The first-order valence-electron chi connectivity index (χ1n) is 6.59. The summed E-state index contributed by atoms with van der Waals surface area (Å²) in [6, 6.07) is 8.82. The van der Waals surface area contributed by atoms with Gasteiger partial charge in [-0.2, -0.15) is 0 Å². The Bertz CT molecular complexity index is 318. The number of likely N-dealkylation sites (N-methyl/N-ethyl adjacent to an activating group) is 1. The SMILES string of the molecule is CCNC(C(C)C)C(CC)c1ccc(Cl)cc1. The zero-order chi connectivity index (χ0) is 12.8. The molecule has 2 unspecified atom stereocenters. The second kappa shape index (κ2) is 7.03. The smallest absolute Gasteiger partial charge is 0.0406 e. The van der Waals surface area contributed by atoms with E-state index in [0.29, 0.717) is 17.9 Å². The normalized spacial score (nSPS) is 14.9. The number of halogens is 1. The van der Waals surface area contributed by atoms with Crippen LogP contribution in [0.25, 0.3) is 0 Å². The maximum atomic E-state index is 5.95. The molecule has 1 nitrogen and oxygen atoms in total. The number of hydrogen-bond acceptors (Lipinski definition) is 1. The van der Waals surface area contributed by atoms with Crippen molar-refractivity contribution in [3.05, 3.63) is 34.9 Å². The average molecular weight is 254 g/mol. The first-order chi connectivity index (χ1) is 8.10. The Morgan fingerprint density at radius 2 is 1.71 bits per heavy atom. The minimum atomic E-state index is 0.533. The van der Waals surface area contributed by atoms with Crippen LogP contribution >= 0.6 is 11.6 Å². The van der Waals surface area contributed by atoms with Crippen LogP contribution in [0.3, 0.4) is 0 Å². The second-order valence-electron chi connectivity index (χ2n) is 4.89. The molecule has 2 atom stereocenters. The lowest BCUT2D eigenvalue weighted by molar-refractivity contribution is 0.341. The summed E-state index contributed by atoms with van der Waals surface area (Å²) in [7, 11) is 0. The van der Waals surface area contributed by atoms with E-state index in [1.165, 1.54) is 5.56 Å². The summed E-state index contributed by atoms with van der Waals surface area (Å²) >= 11 is 5.95. The molecule has 1 aromatic carbocycles. The van der Waals surface area contributed by atoms with Crippen LogP contribution in [-0.2, 0) is 0 Å². The summed E-state index contributed by atoms with van der Waals surface area (Å²) in [6.45, 7) is 10.0. The molecule has 0 fully saturated rings. The van der Waals surface area contributed by atoms with E-state index in [0.717, 1.165) is 18.0 Å². The molecule has 1 N–H and O–H groups in total. The first-order valence-corrected chi connectivity index (χ1v) is 6.96. The zero-order valence-corrected chi connectivity index (χ0v) is 12.1. The Hall–Kier alpha value is -0.530. The van der Waals surface area contributed by atoms with Crippen molar-refractivity contribution < 1.29 is 0 Å².